The number of hydrogen-bond donors (Lipinski definition) is 2. The van der Waals surface area contributed by atoms with Gasteiger partial charge in [-0.3, -0.25) is 4.79 Å². The molecule has 0 saturated carbocycles. The van der Waals surface area contributed by atoms with Crippen LogP contribution in [0.4, 0.5) is 5.69 Å². The number of benzene rings is 1. The standard InChI is InChI=1S/C10H13NOS.C2H6/c1-3-11-9-6-8(7(2)12)4-5-10(9)13;1-2/h4-6,11,13H,3H2,1-2H3;1-2H3. The maximum Gasteiger partial charge on any atom is 0.159 e. The lowest BCUT2D eigenvalue weighted by Crippen LogP contribution is -2.00. The molecule has 0 aliphatic rings. The lowest BCUT2D eigenvalue weighted by molar-refractivity contribution is 0.101. The predicted octanol–water partition coefficient (Wildman–Crippen LogP) is 3.64. The molecule has 0 fully saturated rings. The molecule has 2 nitrogen and oxygen atoms in total. The fourth-order valence-electron chi connectivity index (χ4n) is 1.09. The van der Waals surface area contributed by atoms with Crippen LogP contribution in [0.5, 0.6) is 0 Å². The van der Waals surface area contributed by atoms with Gasteiger partial charge in [0, 0.05) is 22.7 Å². The molecule has 0 radical (unpaired) electrons. The highest BCUT2D eigenvalue weighted by Crippen LogP contribution is 2.21. The average Bonchev–Trinajstić information content (AvgIpc) is 2.24. The first-order valence-corrected chi connectivity index (χ1v) is 5.67. The van der Waals surface area contributed by atoms with E-state index in [9.17, 15) is 4.79 Å². The Balaban J connectivity index is 0.000000921. The van der Waals surface area contributed by atoms with Gasteiger partial charge in [0.1, 0.15) is 0 Å². The molecule has 0 aliphatic carbocycles. The van der Waals surface area contributed by atoms with Gasteiger partial charge in [-0.25, -0.2) is 0 Å². The summed E-state index contributed by atoms with van der Waals surface area (Å²) in [5.74, 6) is 0.0764. The molecule has 0 atom stereocenters. The zero-order valence-corrected chi connectivity index (χ0v) is 10.7. The van der Waals surface area contributed by atoms with E-state index in [0.717, 1.165) is 17.1 Å². The average molecular weight is 225 g/mol. The Morgan fingerprint density at radius 2 is 2.00 bits per heavy atom. The third kappa shape index (κ3) is 4.38. The van der Waals surface area contributed by atoms with Crippen molar-refractivity contribution in [2.45, 2.75) is 32.6 Å². The number of rotatable bonds is 3. The third-order valence-corrected chi connectivity index (χ3v) is 2.16. The van der Waals surface area contributed by atoms with Gasteiger partial charge >= 0.3 is 0 Å². The normalized spacial score (nSPS) is 8.87. The molecular weight excluding hydrogens is 206 g/mol. The molecule has 0 aromatic heterocycles. The quantitative estimate of drug-likeness (QED) is 0.607. The van der Waals surface area contributed by atoms with Crippen LogP contribution in [0.3, 0.4) is 0 Å². The van der Waals surface area contributed by atoms with E-state index in [0.29, 0.717) is 5.56 Å². The second-order valence-corrected chi connectivity index (χ2v) is 3.30. The number of hydrogen-bond acceptors (Lipinski definition) is 3. The van der Waals surface area contributed by atoms with Crippen LogP contribution in [0, 0.1) is 0 Å². The second-order valence-electron chi connectivity index (χ2n) is 2.82. The summed E-state index contributed by atoms with van der Waals surface area (Å²) in [5.41, 5.74) is 1.63. The Morgan fingerprint density at radius 3 is 2.47 bits per heavy atom. The first kappa shape index (κ1) is 14.0. The van der Waals surface area contributed by atoms with E-state index < -0.39 is 0 Å². The summed E-state index contributed by atoms with van der Waals surface area (Å²) in [5, 5.41) is 3.14. The van der Waals surface area contributed by atoms with E-state index in [1.165, 1.54) is 0 Å². The molecule has 0 heterocycles. The SMILES string of the molecule is CC.CCNc1cc(C(C)=O)ccc1S. The molecule has 0 spiro atoms. The van der Waals surface area contributed by atoms with E-state index in [1.54, 1.807) is 13.0 Å². The molecule has 0 bridgehead atoms. The minimum atomic E-state index is 0.0764. The van der Waals surface area contributed by atoms with E-state index in [1.807, 2.05) is 32.9 Å². The first-order chi connectivity index (χ1) is 7.15. The fourth-order valence-corrected chi connectivity index (χ4v) is 1.31. The lowest BCUT2D eigenvalue weighted by atomic mass is 10.1. The number of carbonyl (C=O) groups excluding carboxylic acids is 1. The monoisotopic (exact) mass is 225 g/mol. The summed E-state index contributed by atoms with van der Waals surface area (Å²) >= 11 is 4.27. The number of ketones is 1. The van der Waals surface area contributed by atoms with Crippen LogP contribution < -0.4 is 5.32 Å². The van der Waals surface area contributed by atoms with E-state index in [-0.39, 0.29) is 5.78 Å². The first-order valence-electron chi connectivity index (χ1n) is 5.23. The fraction of sp³-hybridized carbons (Fsp3) is 0.417. The van der Waals surface area contributed by atoms with Gasteiger partial charge in [-0.15, -0.1) is 12.6 Å². The molecule has 1 N–H and O–H groups in total. The zero-order valence-electron chi connectivity index (χ0n) is 9.79. The van der Waals surface area contributed by atoms with Gasteiger partial charge in [-0.2, -0.15) is 0 Å². The Labute approximate surface area is 97.5 Å². The van der Waals surface area contributed by atoms with Crippen molar-refractivity contribution in [3.63, 3.8) is 0 Å². The van der Waals surface area contributed by atoms with Crippen LogP contribution in [0.2, 0.25) is 0 Å². The Bertz CT molecular complexity index is 323. The van der Waals surface area contributed by atoms with Crippen LogP contribution in [-0.4, -0.2) is 12.3 Å². The minimum absolute atomic E-state index is 0.0764. The summed E-state index contributed by atoms with van der Waals surface area (Å²) in [6.07, 6.45) is 0. The predicted molar refractivity (Wildman–Crippen MR) is 69.2 cm³/mol. The van der Waals surface area contributed by atoms with Crippen LogP contribution in [0.25, 0.3) is 0 Å². The zero-order chi connectivity index (χ0) is 11.8. The molecule has 0 saturated heterocycles. The molecule has 0 amide bonds. The highest BCUT2D eigenvalue weighted by atomic mass is 32.1. The molecule has 1 aromatic carbocycles. The van der Waals surface area contributed by atoms with Crippen molar-refractivity contribution in [1.29, 1.82) is 0 Å². The van der Waals surface area contributed by atoms with Crippen LogP contribution >= 0.6 is 12.6 Å². The number of thiol groups is 1. The number of anilines is 1. The van der Waals surface area contributed by atoms with Crippen molar-refractivity contribution in [3.8, 4) is 0 Å². The highest BCUT2D eigenvalue weighted by Gasteiger charge is 2.02. The molecule has 3 heteroatoms. The maximum atomic E-state index is 11.1. The van der Waals surface area contributed by atoms with Gasteiger partial charge in [-0.05, 0) is 26.0 Å². The van der Waals surface area contributed by atoms with Crippen molar-refractivity contribution in [2.75, 3.05) is 11.9 Å². The third-order valence-electron chi connectivity index (χ3n) is 1.77. The van der Waals surface area contributed by atoms with Gasteiger partial charge in [0.2, 0.25) is 0 Å². The Morgan fingerprint density at radius 1 is 1.40 bits per heavy atom. The van der Waals surface area contributed by atoms with Crippen molar-refractivity contribution in [2.24, 2.45) is 0 Å². The van der Waals surface area contributed by atoms with E-state index >= 15 is 0 Å². The van der Waals surface area contributed by atoms with Crippen LogP contribution in [0.1, 0.15) is 38.1 Å². The van der Waals surface area contributed by atoms with Crippen molar-refractivity contribution < 1.29 is 4.79 Å². The smallest absolute Gasteiger partial charge is 0.159 e. The van der Waals surface area contributed by atoms with Gasteiger partial charge in [0.25, 0.3) is 0 Å². The van der Waals surface area contributed by atoms with E-state index in [4.69, 9.17) is 0 Å². The van der Waals surface area contributed by atoms with Crippen molar-refractivity contribution >= 4 is 24.1 Å². The lowest BCUT2D eigenvalue weighted by Gasteiger charge is -2.07. The minimum Gasteiger partial charge on any atom is -0.384 e. The molecular formula is C12H19NOS. The summed E-state index contributed by atoms with van der Waals surface area (Å²) < 4.78 is 0. The highest BCUT2D eigenvalue weighted by molar-refractivity contribution is 7.80. The summed E-state index contributed by atoms with van der Waals surface area (Å²) in [4.78, 5) is 11.9. The molecule has 0 aliphatic heterocycles. The summed E-state index contributed by atoms with van der Waals surface area (Å²) in [6.45, 7) is 8.39. The van der Waals surface area contributed by atoms with Crippen LogP contribution in [0.15, 0.2) is 23.1 Å². The molecule has 15 heavy (non-hydrogen) atoms. The number of nitrogens with one attached hydrogen (secondary N) is 1. The maximum absolute atomic E-state index is 11.1. The van der Waals surface area contributed by atoms with E-state index in [2.05, 4.69) is 17.9 Å². The number of carbonyl (C=O) groups is 1. The van der Waals surface area contributed by atoms with Gasteiger partial charge in [0.05, 0.1) is 0 Å². The molecule has 1 aromatic rings. The number of Topliss-reactive ketones (excluding diaryl/α,β-unsaturated/α-hetero) is 1. The van der Waals surface area contributed by atoms with Crippen molar-refractivity contribution in [1.82, 2.24) is 0 Å². The molecule has 84 valence electrons. The largest absolute Gasteiger partial charge is 0.384 e. The summed E-state index contributed by atoms with van der Waals surface area (Å²) in [7, 11) is 0. The topological polar surface area (TPSA) is 29.1 Å². The Kier molecular flexibility index (Phi) is 6.88. The van der Waals surface area contributed by atoms with Gasteiger partial charge in [-0.1, -0.05) is 19.9 Å². The molecule has 1 rings (SSSR count). The van der Waals surface area contributed by atoms with Crippen molar-refractivity contribution in [3.05, 3.63) is 23.8 Å². The van der Waals surface area contributed by atoms with Gasteiger partial charge < -0.3 is 5.32 Å². The summed E-state index contributed by atoms with van der Waals surface area (Å²) in [6, 6.07) is 5.44. The second kappa shape index (κ2) is 7.35. The van der Waals surface area contributed by atoms with Gasteiger partial charge in [0.15, 0.2) is 5.78 Å². The van der Waals surface area contributed by atoms with Crippen LogP contribution in [-0.2, 0) is 0 Å². The Hall–Kier alpha value is -0.960. The molecule has 0 unspecified atom stereocenters.